The van der Waals surface area contributed by atoms with Crippen LogP contribution in [0.4, 0.5) is 4.39 Å². The van der Waals surface area contributed by atoms with Crippen LogP contribution in [0.5, 0.6) is 0 Å². The molecule has 0 fully saturated rings. The predicted octanol–water partition coefficient (Wildman–Crippen LogP) is 1.70. The van der Waals surface area contributed by atoms with E-state index in [2.05, 4.69) is 0 Å². The van der Waals surface area contributed by atoms with Gasteiger partial charge in [0.1, 0.15) is 5.83 Å². The van der Waals surface area contributed by atoms with Crippen molar-refractivity contribution in [2.45, 2.75) is 25.7 Å². The highest BCUT2D eigenvalue weighted by Crippen LogP contribution is 2.33. The molecule has 2 aliphatic rings. The molecule has 0 aromatic heterocycles. The van der Waals surface area contributed by atoms with E-state index in [-0.39, 0.29) is 16.9 Å². The topological polar surface area (TPSA) is 60.2 Å². The minimum absolute atomic E-state index is 0.139. The van der Waals surface area contributed by atoms with Crippen LogP contribution in [0.2, 0.25) is 0 Å². The number of ketones is 1. The highest BCUT2D eigenvalue weighted by atomic mass is 19.1. The standard InChI is InChI=1S/C12H12FNO2/c13-9-6-8(12(14)16)5-4-7-2-1-3-10(15)11(7)9/h5-6H,1-4H2,(H2,14,16). The first-order valence-electron chi connectivity index (χ1n) is 5.22. The molecule has 0 aromatic rings. The van der Waals surface area contributed by atoms with Gasteiger partial charge >= 0.3 is 0 Å². The molecule has 0 saturated carbocycles. The number of hydrogen-bond donors (Lipinski definition) is 1. The van der Waals surface area contributed by atoms with Crippen molar-refractivity contribution in [2.24, 2.45) is 5.73 Å². The van der Waals surface area contributed by atoms with Crippen LogP contribution in [0, 0.1) is 0 Å². The summed E-state index contributed by atoms with van der Waals surface area (Å²) in [5.41, 5.74) is 6.18. The molecule has 3 nitrogen and oxygen atoms in total. The summed E-state index contributed by atoms with van der Waals surface area (Å²) in [7, 11) is 0. The number of hydrogen-bond acceptors (Lipinski definition) is 2. The lowest BCUT2D eigenvalue weighted by Crippen LogP contribution is -2.13. The lowest BCUT2D eigenvalue weighted by molar-refractivity contribution is -0.116. The molecule has 2 aliphatic carbocycles. The van der Waals surface area contributed by atoms with Crippen LogP contribution in [0.1, 0.15) is 25.7 Å². The molecule has 1 amide bonds. The zero-order valence-corrected chi connectivity index (χ0v) is 8.75. The first-order chi connectivity index (χ1) is 7.59. The van der Waals surface area contributed by atoms with E-state index in [1.165, 1.54) is 0 Å². The van der Waals surface area contributed by atoms with Crippen LogP contribution in [0.15, 0.2) is 34.7 Å². The van der Waals surface area contributed by atoms with Gasteiger partial charge < -0.3 is 5.73 Å². The van der Waals surface area contributed by atoms with E-state index in [1.54, 1.807) is 6.08 Å². The van der Waals surface area contributed by atoms with Gasteiger partial charge in [-0.2, -0.15) is 0 Å². The number of carbonyl (C=O) groups is 2. The number of primary amides is 1. The van der Waals surface area contributed by atoms with Gasteiger partial charge in [-0.1, -0.05) is 11.6 Å². The lowest BCUT2D eigenvalue weighted by Gasteiger charge is -2.15. The summed E-state index contributed by atoms with van der Waals surface area (Å²) in [5.74, 6) is -1.46. The maximum atomic E-state index is 13.8. The fourth-order valence-electron chi connectivity index (χ4n) is 2.09. The first kappa shape index (κ1) is 10.8. The minimum atomic E-state index is -0.664. The number of allylic oxidation sites excluding steroid dienone is 4. The Kier molecular flexibility index (Phi) is 2.73. The third-order valence-electron chi connectivity index (χ3n) is 2.89. The normalized spacial score (nSPS) is 20.9. The number of halogens is 1. The first-order valence-corrected chi connectivity index (χ1v) is 5.22. The van der Waals surface area contributed by atoms with E-state index >= 15 is 0 Å². The van der Waals surface area contributed by atoms with Gasteiger partial charge in [0.15, 0.2) is 5.78 Å². The van der Waals surface area contributed by atoms with E-state index in [9.17, 15) is 14.0 Å². The number of Topliss-reactive ketones (excluding diaryl/α,β-unsaturated/α-hetero) is 1. The average molecular weight is 221 g/mol. The van der Waals surface area contributed by atoms with Crippen molar-refractivity contribution in [2.75, 3.05) is 0 Å². The van der Waals surface area contributed by atoms with E-state index in [0.717, 1.165) is 18.1 Å². The summed E-state index contributed by atoms with van der Waals surface area (Å²) in [5, 5.41) is 0. The van der Waals surface area contributed by atoms with Crippen LogP contribution < -0.4 is 5.73 Å². The summed E-state index contributed by atoms with van der Waals surface area (Å²) in [6, 6.07) is 0. The molecule has 4 heteroatoms. The third-order valence-corrected chi connectivity index (χ3v) is 2.89. The zero-order chi connectivity index (χ0) is 11.7. The third kappa shape index (κ3) is 1.83. The highest BCUT2D eigenvalue weighted by Gasteiger charge is 2.25. The maximum Gasteiger partial charge on any atom is 0.248 e. The number of nitrogens with two attached hydrogens (primary N) is 1. The zero-order valence-electron chi connectivity index (χ0n) is 8.75. The average Bonchev–Trinajstić information content (AvgIpc) is 2.39. The Morgan fingerprint density at radius 2 is 2.12 bits per heavy atom. The van der Waals surface area contributed by atoms with Crippen molar-refractivity contribution < 1.29 is 14.0 Å². The second kappa shape index (κ2) is 4.04. The van der Waals surface area contributed by atoms with Crippen LogP contribution in [-0.4, -0.2) is 11.7 Å². The fourth-order valence-corrected chi connectivity index (χ4v) is 2.09. The molecule has 84 valence electrons. The minimum Gasteiger partial charge on any atom is -0.366 e. The van der Waals surface area contributed by atoms with Gasteiger partial charge in [-0.15, -0.1) is 0 Å². The molecule has 0 spiro atoms. The Balaban J connectivity index is 2.44. The van der Waals surface area contributed by atoms with Gasteiger partial charge in [0.25, 0.3) is 0 Å². The number of carbonyl (C=O) groups excluding carboxylic acids is 2. The van der Waals surface area contributed by atoms with Crippen LogP contribution in [-0.2, 0) is 9.59 Å². The summed E-state index contributed by atoms with van der Waals surface area (Å²) in [4.78, 5) is 22.6. The van der Waals surface area contributed by atoms with Crippen molar-refractivity contribution in [3.05, 3.63) is 34.7 Å². The molecule has 0 bridgehead atoms. The van der Waals surface area contributed by atoms with Crippen LogP contribution in [0.3, 0.4) is 0 Å². The van der Waals surface area contributed by atoms with Gasteiger partial charge in [-0.3, -0.25) is 9.59 Å². The quantitative estimate of drug-likeness (QED) is 0.732. The van der Waals surface area contributed by atoms with Crippen molar-refractivity contribution in [3.63, 3.8) is 0 Å². The Morgan fingerprint density at radius 3 is 2.81 bits per heavy atom. The van der Waals surface area contributed by atoms with E-state index in [0.29, 0.717) is 19.3 Å². The Morgan fingerprint density at radius 1 is 1.38 bits per heavy atom. The summed E-state index contributed by atoms with van der Waals surface area (Å²) in [6.07, 6.45) is 4.93. The molecule has 0 atom stereocenters. The molecule has 0 unspecified atom stereocenters. The van der Waals surface area contributed by atoms with E-state index < -0.39 is 11.7 Å². The molecule has 0 saturated heterocycles. The smallest absolute Gasteiger partial charge is 0.248 e. The summed E-state index contributed by atoms with van der Waals surface area (Å²) < 4.78 is 13.8. The summed E-state index contributed by atoms with van der Waals surface area (Å²) >= 11 is 0. The monoisotopic (exact) mass is 221 g/mol. The van der Waals surface area contributed by atoms with Gasteiger partial charge in [0.2, 0.25) is 5.91 Å². The second-order valence-corrected chi connectivity index (χ2v) is 3.98. The molecule has 2 rings (SSSR count). The Hall–Kier alpha value is -1.71. The van der Waals surface area contributed by atoms with Crippen molar-refractivity contribution in [1.82, 2.24) is 0 Å². The molecule has 2 N–H and O–H groups in total. The Labute approximate surface area is 92.5 Å². The van der Waals surface area contributed by atoms with Crippen molar-refractivity contribution in [3.8, 4) is 0 Å². The molecule has 0 radical (unpaired) electrons. The van der Waals surface area contributed by atoms with E-state index in [1.807, 2.05) is 0 Å². The van der Waals surface area contributed by atoms with Crippen molar-refractivity contribution >= 4 is 11.7 Å². The predicted molar refractivity (Wildman–Crippen MR) is 57.0 cm³/mol. The molecular weight excluding hydrogens is 209 g/mol. The molecular formula is C12H12FNO2. The van der Waals surface area contributed by atoms with E-state index in [4.69, 9.17) is 5.73 Å². The van der Waals surface area contributed by atoms with Gasteiger partial charge in [-0.05, 0) is 25.3 Å². The number of rotatable bonds is 1. The summed E-state index contributed by atoms with van der Waals surface area (Å²) in [6.45, 7) is 0. The maximum absolute atomic E-state index is 13.8. The lowest BCUT2D eigenvalue weighted by atomic mass is 9.89. The molecule has 0 heterocycles. The number of amides is 1. The molecule has 0 aliphatic heterocycles. The second-order valence-electron chi connectivity index (χ2n) is 3.98. The fraction of sp³-hybridized carbons (Fsp3) is 0.333. The van der Waals surface area contributed by atoms with Gasteiger partial charge in [0, 0.05) is 12.0 Å². The Bertz CT molecular complexity index is 458. The molecule has 16 heavy (non-hydrogen) atoms. The SMILES string of the molecule is NC(=O)C1=CCC2=C(C(=O)CCC2)C(F)=C1. The van der Waals surface area contributed by atoms with Crippen LogP contribution >= 0.6 is 0 Å². The highest BCUT2D eigenvalue weighted by molar-refractivity contribution is 6.02. The van der Waals surface area contributed by atoms with Crippen molar-refractivity contribution in [1.29, 1.82) is 0 Å². The van der Waals surface area contributed by atoms with Gasteiger partial charge in [-0.25, -0.2) is 4.39 Å². The largest absolute Gasteiger partial charge is 0.366 e. The molecule has 0 aromatic carbocycles. The van der Waals surface area contributed by atoms with Gasteiger partial charge in [0.05, 0.1) is 5.57 Å². The van der Waals surface area contributed by atoms with Crippen LogP contribution in [0.25, 0.3) is 0 Å².